The number of carbonyl (C=O) groups excluding carboxylic acids is 2. The number of carbonyl (C=O) groups is 2. The summed E-state index contributed by atoms with van der Waals surface area (Å²) in [5, 5.41) is 10.6. The smallest absolute Gasteiger partial charge is 0.259 e. The molecular weight excluding hydrogens is 416 g/mol. The average molecular weight is 439 g/mol. The number of rotatable bonds is 7. The Morgan fingerprint density at radius 1 is 1.23 bits per heavy atom. The molecule has 0 unspecified atom stereocenters. The van der Waals surface area contributed by atoms with Crippen molar-refractivity contribution in [3.8, 4) is 11.4 Å². The number of hydrogen-bond acceptors (Lipinski definition) is 4. The first-order chi connectivity index (χ1) is 15.0. The van der Waals surface area contributed by atoms with E-state index in [0.29, 0.717) is 27.9 Å². The van der Waals surface area contributed by atoms with Crippen LogP contribution in [-0.4, -0.2) is 35.2 Å². The molecular formula is C23H23ClN4O3. The fourth-order valence-corrected chi connectivity index (χ4v) is 3.46. The van der Waals surface area contributed by atoms with Gasteiger partial charge in [-0.2, -0.15) is 5.10 Å². The highest BCUT2D eigenvalue weighted by Gasteiger charge is 2.33. The number of aryl methyl sites for hydroxylation is 1. The van der Waals surface area contributed by atoms with Crippen molar-refractivity contribution in [1.29, 1.82) is 0 Å². The minimum Gasteiger partial charge on any atom is -0.484 e. The molecule has 1 heterocycles. The van der Waals surface area contributed by atoms with E-state index in [4.69, 9.17) is 16.3 Å². The number of halogens is 1. The molecule has 0 bridgehead atoms. The van der Waals surface area contributed by atoms with Gasteiger partial charge in [-0.15, -0.1) is 0 Å². The topological polar surface area (TPSA) is 85.2 Å². The van der Waals surface area contributed by atoms with Crippen molar-refractivity contribution in [3.63, 3.8) is 0 Å². The summed E-state index contributed by atoms with van der Waals surface area (Å²) in [7, 11) is 1.55. The fourth-order valence-electron chi connectivity index (χ4n) is 3.28. The summed E-state index contributed by atoms with van der Waals surface area (Å²) in [5.41, 5.74) is 3.83. The van der Waals surface area contributed by atoms with E-state index >= 15 is 0 Å². The molecule has 0 radical (unpaired) electrons. The molecule has 1 aliphatic rings. The third-order valence-corrected chi connectivity index (χ3v) is 5.56. The maximum absolute atomic E-state index is 13.1. The van der Waals surface area contributed by atoms with Crippen LogP contribution in [0.3, 0.4) is 0 Å². The Hall–Kier alpha value is -3.32. The van der Waals surface area contributed by atoms with Gasteiger partial charge < -0.3 is 15.4 Å². The average Bonchev–Trinajstić information content (AvgIpc) is 3.51. The molecule has 1 saturated carbocycles. The van der Waals surface area contributed by atoms with E-state index in [1.807, 2.05) is 25.1 Å². The zero-order valence-corrected chi connectivity index (χ0v) is 18.1. The number of anilines is 1. The first-order valence-corrected chi connectivity index (χ1v) is 10.4. The van der Waals surface area contributed by atoms with Gasteiger partial charge in [0, 0.05) is 29.7 Å². The van der Waals surface area contributed by atoms with Gasteiger partial charge >= 0.3 is 0 Å². The molecule has 2 N–H and O–H groups in total. The number of benzene rings is 2. The Morgan fingerprint density at radius 2 is 2.03 bits per heavy atom. The van der Waals surface area contributed by atoms with Crippen LogP contribution in [0.5, 0.6) is 5.75 Å². The Balaban J connectivity index is 1.56. The van der Waals surface area contributed by atoms with Gasteiger partial charge in [0.2, 0.25) is 0 Å². The molecule has 0 atom stereocenters. The van der Waals surface area contributed by atoms with Crippen LogP contribution in [0, 0.1) is 6.92 Å². The van der Waals surface area contributed by atoms with E-state index in [1.54, 1.807) is 42.2 Å². The standard InChI is InChI=1S/C23H23ClN4O3/c1-14-6-9-17(11-20(14)24)28-22(15-7-8-15)19(12-26-28)23(30)27-16-4-3-5-18(10-16)31-13-21(29)25-2/h3-6,9-12,15H,7-8,13H2,1-2H3,(H,25,29)(H,27,30). The Morgan fingerprint density at radius 3 is 2.74 bits per heavy atom. The predicted molar refractivity (Wildman–Crippen MR) is 119 cm³/mol. The molecule has 0 spiro atoms. The predicted octanol–water partition coefficient (Wildman–Crippen LogP) is 4.09. The van der Waals surface area contributed by atoms with Crippen LogP contribution in [0.15, 0.2) is 48.7 Å². The van der Waals surface area contributed by atoms with E-state index in [0.717, 1.165) is 29.8 Å². The van der Waals surface area contributed by atoms with Gasteiger partial charge in [-0.25, -0.2) is 4.68 Å². The zero-order valence-electron chi connectivity index (χ0n) is 17.3. The van der Waals surface area contributed by atoms with E-state index in [2.05, 4.69) is 15.7 Å². The lowest BCUT2D eigenvalue weighted by molar-refractivity contribution is -0.122. The molecule has 1 fully saturated rings. The van der Waals surface area contributed by atoms with Crippen LogP contribution < -0.4 is 15.4 Å². The van der Waals surface area contributed by atoms with Crippen molar-refractivity contribution in [2.45, 2.75) is 25.7 Å². The van der Waals surface area contributed by atoms with Gasteiger partial charge in [-0.3, -0.25) is 9.59 Å². The number of likely N-dealkylation sites (N-methyl/N-ethyl adjacent to an activating group) is 1. The largest absolute Gasteiger partial charge is 0.484 e. The Bertz CT molecular complexity index is 1140. The number of amides is 2. The molecule has 1 aliphatic carbocycles. The normalized spacial score (nSPS) is 13.0. The van der Waals surface area contributed by atoms with Crippen molar-refractivity contribution >= 4 is 29.1 Å². The minimum absolute atomic E-state index is 0.0917. The summed E-state index contributed by atoms with van der Waals surface area (Å²) in [6.45, 7) is 1.86. The fraction of sp³-hybridized carbons (Fsp3) is 0.261. The number of nitrogens with one attached hydrogen (secondary N) is 2. The highest BCUT2D eigenvalue weighted by molar-refractivity contribution is 6.31. The summed E-state index contributed by atoms with van der Waals surface area (Å²) >= 11 is 6.30. The maximum Gasteiger partial charge on any atom is 0.259 e. The number of aromatic nitrogens is 2. The zero-order chi connectivity index (χ0) is 22.0. The van der Waals surface area contributed by atoms with Crippen molar-refractivity contribution in [2.75, 3.05) is 19.0 Å². The molecule has 160 valence electrons. The highest BCUT2D eigenvalue weighted by atomic mass is 35.5. The van der Waals surface area contributed by atoms with Gasteiger partial charge in [0.1, 0.15) is 5.75 Å². The third-order valence-electron chi connectivity index (χ3n) is 5.16. The molecule has 0 aliphatic heterocycles. The molecule has 0 saturated heterocycles. The van der Waals surface area contributed by atoms with Crippen LogP contribution >= 0.6 is 11.6 Å². The number of ether oxygens (including phenoxy) is 1. The van der Waals surface area contributed by atoms with Crippen LogP contribution in [0.4, 0.5) is 5.69 Å². The van der Waals surface area contributed by atoms with Gasteiger partial charge in [-0.05, 0) is 49.6 Å². The molecule has 4 rings (SSSR count). The Labute approximate surface area is 185 Å². The summed E-state index contributed by atoms with van der Waals surface area (Å²) in [6.07, 6.45) is 3.64. The van der Waals surface area contributed by atoms with E-state index in [1.165, 1.54) is 0 Å². The van der Waals surface area contributed by atoms with Crippen molar-refractivity contribution in [1.82, 2.24) is 15.1 Å². The Kier molecular flexibility index (Phi) is 5.95. The summed E-state index contributed by atoms with van der Waals surface area (Å²) in [5.74, 6) is 0.321. The number of hydrogen-bond donors (Lipinski definition) is 2. The van der Waals surface area contributed by atoms with Gasteiger partial charge in [0.25, 0.3) is 11.8 Å². The SMILES string of the molecule is CNC(=O)COc1cccc(NC(=O)c2cnn(-c3ccc(C)c(Cl)c3)c2C2CC2)c1. The van der Waals surface area contributed by atoms with E-state index in [-0.39, 0.29) is 18.4 Å². The van der Waals surface area contributed by atoms with Gasteiger partial charge in [0.15, 0.2) is 6.61 Å². The van der Waals surface area contributed by atoms with Gasteiger partial charge in [-0.1, -0.05) is 23.7 Å². The monoisotopic (exact) mass is 438 g/mol. The van der Waals surface area contributed by atoms with E-state index < -0.39 is 0 Å². The third kappa shape index (κ3) is 4.72. The minimum atomic E-state index is -0.241. The molecule has 2 amide bonds. The quantitative estimate of drug-likeness (QED) is 0.581. The highest BCUT2D eigenvalue weighted by Crippen LogP contribution is 2.42. The second-order valence-electron chi connectivity index (χ2n) is 7.51. The molecule has 31 heavy (non-hydrogen) atoms. The first kappa shape index (κ1) is 20.9. The first-order valence-electron chi connectivity index (χ1n) is 10.1. The second kappa shape index (κ2) is 8.81. The molecule has 7 nitrogen and oxygen atoms in total. The molecule has 8 heteroatoms. The molecule has 2 aromatic carbocycles. The van der Waals surface area contributed by atoms with Crippen LogP contribution in [0.2, 0.25) is 5.02 Å². The van der Waals surface area contributed by atoms with Crippen LogP contribution in [0.1, 0.15) is 40.4 Å². The summed E-state index contributed by atoms with van der Waals surface area (Å²) < 4.78 is 7.26. The van der Waals surface area contributed by atoms with Crippen LogP contribution in [-0.2, 0) is 4.79 Å². The number of nitrogens with zero attached hydrogens (tertiary/aromatic N) is 2. The second-order valence-corrected chi connectivity index (χ2v) is 7.91. The maximum atomic E-state index is 13.1. The van der Waals surface area contributed by atoms with Crippen molar-refractivity contribution in [2.24, 2.45) is 0 Å². The molecule has 3 aromatic rings. The summed E-state index contributed by atoms with van der Waals surface area (Å²) in [4.78, 5) is 24.4. The van der Waals surface area contributed by atoms with E-state index in [9.17, 15) is 9.59 Å². The van der Waals surface area contributed by atoms with Crippen molar-refractivity contribution in [3.05, 3.63) is 70.5 Å². The van der Waals surface area contributed by atoms with Crippen LogP contribution in [0.25, 0.3) is 5.69 Å². The lowest BCUT2D eigenvalue weighted by atomic mass is 10.1. The lowest BCUT2D eigenvalue weighted by Crippen LogP contribution is -2.24. The van der Waals surface area contributed by atoms with Crippen molar-refractivity contribution < 1.29 is 14.3 Å². The lowest BCUT2D eigenvalue weighted by Gasteiger charge is -2.11. The summed E-state index contributed by atoms with van der Waals surface area (Å²) in [6, 6.07) is 12.7. The van der Waals surface area contributed by atoms with Gasteiger partial charge in [0.05, 0.1) is 23.1 Å². The molecule has 1 aromatic heterocycles.